The number of amides is 2. The average molecular weight is 301 g/mol. The van der Waals surface area contributed by atoms with Gasteiger partial charge in [0.15, 0.2) is 11.6 Å². The molecule has 0 aromatic heterocycles. The lowest BCUT2D eigenvalue weighted by atomic mass is 10.0. The van der Waals surface area contributed by atoms with Crippen molar-refractivity contribution in [3.63, 3.8) is 0 Å². The van der Waals surface area contributed by atoms with Crippen LogP contribution < -0.4 is 5.32 Å². The molecule has 1 heterocycles. The first-order valence-corrected chi connectivity index (χ1v) is 6.76. The number of rotatable bonds is 2. The SMILES string of the molecule is CN(C)C(=O)N1CCC(Nc2c(F)cc(F)cc2F)CC1. The zero-order chi connectivity index (χ0) is 15.6. The van der Waals surface area contributed by atoms with Crippen molar-refractivity contribution < 1.29 is 18.0 Å². The predicted octanol–water partition coefficient (Wildman–Crippen LogP) is 2.66. The molecule has 0 aliphatic carbocycles. The smallest absolute Gasteiger partial charge is 0.319 e. The van der Waals surface area contributed by atoms with Gasteiger partial charge in [0.05, 0.1) is 0 Å². The lowest BCUT2D eigenvalue weighted by molar-refractivity contribution is 0.158. The molecule has 1 fully saturated rings. The quantitative estimate of drug-likeness (QED) is 0.911. The summed E-state index contributed by atoms with van der Waals surface area (Å²) in [6.45, 7) is 1.03. The Bertz CT molecular complexity index is 505. The monoisotopic (exact) mass is 301 g/mol. The minimum atomic E-state index is -0.945. The standard InChI is InChI=1S/C14H18F3N3O/c1-19(2)14(21)20-5-3-10(4-6-20)18-13-11(16)7-9(15)8-12(13)17/h7-8,10,18H,3-6H2,1-2H3. The van der Waals surface area contributed by atoms with Crippen molar-refractivity contribution in [1.29, 1.82) is 0 Å². The molecule has 21 heavy (non-hydrogen) atoms. The van der Waals surface area contributed by atoms with Crippen LogP contribution in [0.15, 0.2) is 12.1 Å². The Labute approximate surface area is 121 Å². The number of piperidine rings is 1. The van der Waals surface area contributed by atoms with E-state index in [2.05, 4.69) is 5.32 Å². The van der Waals surface area contributed by atoms with Crippen LogP contribution in [0.2, 0.25) is 0 Å². The van der Waals surface area contributed by atoms with Crippen LogP contribution >= 0.6 is 0 Å². The van der Waals surface area contributed by atoms with Gasteiger partial charge in [-0.05, 0) is 12.8 Å². The van der Waals surface area contributed by atoms with Gasteiger partial charge in [0.2, 0.25) is 0 Å². The second-order valence-electron chi connectivity index (χ2n) is 5.33. The van der Waals surface area contributed by atoms with E-state index >= 15 is 0 Å². The van der Waals surface area contributed by atoms with Crippen molar-refractivity contribution in [2.75, 3.05) is 32.5 Å². The lowest BCUT2D eigenvalue weighted by Crippen LogP contribution is -2.46. The van der Waals surface area contributed by atoms with Gasteiger partial charge in [0.1, 0.15) is 11.5 Å². The maximum atomic E-state index is 13.6. The summed E-state index contributed by atoms with van der Waals surface area (Å²) >= 11 is 0. The fraction of sp³-hybridized carbons (Fsp3) is 0.500. The maximum Gasteiger partial charge on any atom is 0.319 e. The first-order chi connectivity index (χ1) is 9.88. The van der Waals surface area contributed by atoms with Crippen molar-refractivity contribution in [2.24, 2.45) is 0 Å². The van der Waals surface area contributed by atoms with Crippen LogP contribution in [-0.4, -0.2) is 49.1 Å². The predicted molar refractivity (Wildman–Crippen MR) is 73.6 cm³/mol. The van der Waals surface area contributed by atoms with Gasteiger partial charge in [-0.2, -0.15) is 0 Å². The Morgan fingerprint density at radius 3 is 2.19 bits per heavy atom. The summed E-state index contributed by atoms with van der Waals surface area (Å²) in [6, 6.07) is 1.07. The minimum Gasteiger partial charge on any atom is -0.377 e. The number of benzene rings is 1. The molecule has 2 rings (SSSR count). The molecule has 2 amide bonds. The summed E-state index contributed by atoms with van der Waals surface area (Å²) in [4.78, 5) is 15.0. The number of nitrogens with one attached hydrogen (secondary N) is 1. The number of likely N-dealkylation sites (tertiary alicyclic amines) is 1. The summed E-state index contributed by atoms with van der Waals surface area (Å²) in [6.07, 6.45) is 1.16. The summed E-state index contributed by atoms with van der Waals surface area (Å²) in [5.41, 5.74) is -0.311. The average Bonchev–Trinajstić information content (AvgIpc) is 2.42. The number of anilines is 1. The number of hydrogen-bond acceptors (Lipinski definition) is 2. The number of hydrogen-bond donors (Lipinski definition) is 1. The zero-order valence-corrected chi connectivity index (χ0v) is 12.0. The molecule has 0 saturated carbocycles. The molecule has 4 nitrogen and oxygen atoms in total. The van der Waals surface area contributed by atoms with E-state index < -0.39 is 17.5 Å². The van der Waals surface area contributed by atoms with Crippen LogP contribution in [0, 0.1) is 17.5 Å². The number of nitrogens with zero attached hydrogens (tertiary/aromatic N) is 2. The molecular formula is C14H18F3N3O. The van der Waals surface area contributed by atoms with Crippen LogP contribution in [0.3, 0.4) is 0 Å². The molecule has 1 aliphatic rings. The molecule has 1 aliphatic heterocycles. The maximum absolute atomic E-state index is 13.6. The highest BCUT2D eigenvalue weighted by molar-refractivity contribution is 5.73. The highest BCUT2D eigenvalue weighted by atomic mass is 19.1. The van der Waals surface area contributed by atoms with Gasteiger partial charge in [-0.25, -0.2) is 18.0 Å². The first-order valence-electron chi connectivity index (χ1n) is 6.76. The molecular weight excluding hydrogens is 283 g/mol. The molecule has 0 spiro atoms. The van der Waals surface area contributed by atoms with E-state index in [0.29, 0.717) is 38.1 Å². The summed E-state index contributed by atoms with van der Waals surface area (Å²) in [5, 5.41) is 2.77. The number of carbonyl (C=O) groups is 1. The topological polar surface area (TPSA) is 35.6 Å². The highest BCUT2D eigenvalue weighted by Gasteiger charge is 2.25. The first kappa shape index (κ1) is 15.5. The van der Waals surface area contributed by atoms with Gasteiger partial charge >= 0.3 is 6.03 Å². The second kappa shape index (κ2) is 6.24. The van der Waals surface area contributed by atoms with Crippen LogP contribution in [-0.2, 0) is 0 Å². The van der Waals surface area contributed by atoms with Crippen molar-refractivity contribution in [2.45, 2.75) is 18.9 Å². The van der Waals surface area contributed by atoms with Gasteiger partial charge in [-0.1, -0.05) is 0 Å². The fourth-order valence-electron chi connectivity index (χ4n) is 2.38. The largest absolute Gasteiger partial charge is 0.377 e. The summed E-state index contributed by atoms with van der Waals surface area (Å²) < 4.78 is 40.0. The third-order valence-electron chi connectivity index (χ3n) is 3.50. The fourth-order valence-corrected chi connectivity index (χ4v) is 2.38. The van der Waals surface area contributed by atoms with Crippen molar-refractivity contribution in [1.82, 2.24) is 9.80 Å². The highest BCUT2D eigenvalue weighted by Crippen LogP contribution is 2.23. The second-order valence-corrected chi connectivity index (χ2v) is 5.33. The van der Waals surface area contributed by atoms with Crippen molar-refractivity contribution in [3.05, 3.63) is 29.6 Å². The van der Waals surface area contributed by atoms with Crippen LogP contribution in [0.5, 0.6) is 0 Å². The van der Waals surface area contributed by atoms with Gasteiger partial charge in [-0.15, -0.1) is 0 Å². The van der Waals surface area contributed by atoms with Gasteiger partial charge in [0, 0.05) is 45.4 Å². The van der Waals surface area contributed by atoms with Crippen molar-refractivity contribution >= 4 is 11.7 Å². The summed E-state index contributed by atoms with van der Waals surface area (Å²) in [5.74, 6) is -2.83. The van der Waals surface area contributed by atoms with Gasteiger partial charge in [0.25, 0.3) is 0 Å². The van der Waals surface area contributed by atoms with E-state index in [0.717, 1.165) is 0 Å². The van der Waals surface area contributed by atoms with Gasteiger partial charge in [-0.3, -0.25) is 0 Å². The van der Waals surface area contributed by atoms with Crippen LogP contribution in [0.1, 0.15) is 12.8 Å². The van der Waals surface area contributed by atoms with E-state index in [1.165, 1.54) is 4.90 Å². The summed E-state index contributed by atoms with van der Waals surface area (Å²) in [7, 11) is 3.35. The van der Waals surface area contributed by atoms with E-state index in [1.54, 1.807) is 19.0 Å². The Hall–Kier alpha value is -1.92. The van der Waals surface area contributed by atoms with E-state index in [9.17, 15) is 18.0 Å². The third-order valence-corrected chi connectivity index (χ3v) is 3.50. The minimum absolute atomic E-state index is 0.0763. The Balaban J connectivity index is 1.97. The van der Waals surface area contributed by atoms with Crippen LogP contribution in [0.4, 0.5) is 23.7 Å². The Morgan fingerprint density at radius 2 is 1.71 bits per heavy atom. The van der Waals surface area contributed by atoms with E-state index in [-0.39, 0.29) is 17.8 Å². The molecule has 7 heteroatoms. The Kier molecular flexibility index (Phi) is 4.59. The van der Waals surface area contributed by atoms with Gasteiger partial charge < -0.3 is 15.1 Å². The Morgan fingerprint density at radius 1 is 1.19 bits per heavy atom. The molecule has 0 unspecified atom stereocenters. The molecule has 1 saturated heterocycles. The molecule has 116 valence electrons. The van der Waals surface area contributed by atoms with Crippen LogP contribution in [0.25, 0.3) is 0 Å². The third kappa shape index (κ3) is 3.59. The van der Waals surface area contributed by atoms with E-state index in [1.807, 2.05) is 0 Å². The van der Waals surface area contributed by atoms with Crippen molar-refractivity contribution in [3.8, 4) is 0 Å². The number of urea groups is 1. The molecule has 1 aromatic carbocycles. The number of carbonyl (C=O) groups excluding carboxylic acids is 1. The number of halogens is 3. The normalized spacial score (nSPS) is 16.0. The zero-order valence-electron chi connectivity index (χ0n) is 12.0. The molecule has 1 aromatic rings. The molecule has 1 N–H and O–H groups in total. The molecule has 0 bridgehead atoms. The lowest BCUT2D eigenvalue weighted by Gasteiger charge is -2.34. The van der Waals surface area contributed by atoms with E-state index in [4.69, 9.17) is 0 Å². The molecule has 0 radical (unpaired) electrons. The molecule has 0 atom stereocenters.